The van der Waals surface area contributed by atoms with Crippen LogP contribution in [0.4, 0.5) is 0 Å². The summed E-state index contributed by atoms with van der Waals surface area (Å²) in [6, 6.07) is 3.50. The van der Waals surface area contributed by atoms with Gasteiger partial charge in [-0.1, -0.05) is 0 Å². The standard InChI is InChI=1S/C23H27N3O6/c1-23(2,3)32-22(31)17-5-4-10-25(17)20(29)13-6-7-15-14(11-13)12-26(21(15)30)16-8-9-18(27)24-19(16)28/h6-7,11,16-17H,4-5,8-10,12H2,1-3H3,(H,24,27,28)/t16?,17-/m0/s1. The van der Waals surface area contributed by atoms with Crippen molar-refractivity contribution < 1.29 is 28.7 Å². The number of hydrogen-bond donors (Lipinski definition) is 1. The number of piperidine rings is 1. The van der Waals surface area contributed by atoms with E-state index >= 15 is 0 Å². The molecule has 1 aromatic rings. The minimum atomic E-state index is -0.707. The highest BCUT2D eigenvalue weighted by molar-refractivity contribution is 6.06. The minimum absolute atomic E-state index is 0.182. The van der Waals surface area contributed by atoms with Crippen LogP contribution >= 0.6 is 0 Å². The summed E-state index contributed by atoms with van der Waals surface area (Å²) < 4.78 is 5.48. The third-order valence-electron chi connectivity index (χ3n) is 5.96. The number of likely N-dealkylation sites (tertiary alicyclic amines) is 1. The molecule has 0 spiro atoms. The molecule has 0 bridgehead atoms. The Morgan fingerprint density at radius 1 is 1.12 bits per heavy atom. The van der Waals surface area contributed by atoms with Crippen molar-refractivity contribution in [2.45, 2.75) is 70.7 Å². The average Bonchev–Trinajstić information content (AvgIpc) is 3.31. The van der Waals surface area contributed by atoms with Gasteiger partial charge >= 0.3 is 5.97 Å². The van der Waals surface area contributed by atoms with Crippen LogP contribution in [0.15, 0.2) is 18.2 Å². The number of amides is 4. The molecule has 0 aromatic heterocycles. The third-order valence-corrected chi connectivity index (χ3v) is 5.96. The Morgan fingerprint density at radius 3 is 2.56 bits per heavy atom. The lowest BCUT2D eigenvalue weighted by Crippen LogP contribution is -2.52. The van der Waals surface area contributed by atoms with E-state index in [0.717, 1.165) is 0 Å². The first-order chi connectivity index (χ1) is 15.0. The highest BCUT2D eigenvalue weighted by Gasteiger charge is 2.40. The molecule has 1 aromatic carbocycles. The van der Waals surface area contributed by atoms with Gasteiger partial charge in [0.25, 0.3) is 11.8 Å². The molecule has 0 aliphatic carbocycles. The SMILES string of the molecule is CC(C)(C)OC(=O)[C@@H]1CCCN1C(=O)c1ccc2c(c1)CN(C1CCC(=O)NC1=O)C2=O. The minimum Gasteiger partial charge on any atom is -0.458 e. The Balaban J connectivity index is 1.51. The largest absolute Gasteiger partial charge is 0.458 e. The van der Waals surface area contributed by atoms with Gasteiger partial charge in [0.1, 0.15) is 17.7 Å². The molecule has 9 heteroatoms. The zero-order chi connectivity index (χ0) is 23.2. The second-order valence-corrected chi connectivity index (χ2v) is 9.46. The Bertz CT molecular complexity index is 1010. The lowest BCUT2D eigenvalue weighted by atomic mass is 10.0. The summed E-state index contributed by atoms with van der Waals surface area (Å²) >= 11 is 0. The summed E-state index contributed by atoms with van der Waals surface area (Å²) in [5.41, 5.74) is 0.842. The van der Waals surface area contributed by atoms with E-state index in [1.165, 1.54) is 9.80 Å². The van der Waals surface area contributed by atoms with E-state index in [0.29, 0.717) is 36.1 Å². The van der Waals surface area contributed by atoms with Gasteiger partial charge in [0.15, 0.2) is 0 Å². The number of benzene rings is 1. The number of ether oxygens (including phenoxy) is 1. The first-order valence-corrected chi connectivity index (χ1v) is 10.9. The normalized spacial score (nSPS) is 23.3. The molecule has 3 aliphatic heterocycles. The second kappa shape index (κ2) is 8.03. The van der Waals surface area contributed by atoms with Crippen LogP contribution in [0.2, 0.25) is 0 Å². The van der Waals surface area contributed by atoms with Crippen molar-refractivity contribution >= 4 is 29.6 Å². The van der Waals surface area contributed by atoms with Crippen LogP contribution in [0.3, 0.4) is 0 Å². The van der Waals surface area contributed by atoms with Crippen LogP contribution in [0, 0.1) is 0 Å². The first kappa shape index (κ1) is 22.0. The maximum atomic E-state index is 13.2. The van der Waals surface area contributed by atoms with Gasteiger partial charge < -0.3 is 14.5 Å². The van der Waals surface area contributed by atoms with E-state index in [-0.39, 0.29) is 37.1 Å². The molecule has 0 radical (unpaired) electrons. The summed E-state index contributed by atoms with van der Waals surface area (Å²) in [7, 11) is 0. The Kier molecular flexibility index (Phi) is 5.52. The van der Waals surface area contributed by atoms with E-state index in [9.17, 15) is 24.0 Å². The van der Waals surface area contributed by atoms with Crippen LogP contribution in [-0.2, 0) is 25.7 Å². The van der Waals surface area contributed by atoms with Crippen molar-refractivity contribution in [3.8, 4) is 0 Å². The van der Waals surface area contributed by atoms with Crippen molar-refractivity contribution in [2.75, 3.05) is 6.54 Å². The summed E-state index contributed by atoms with van der Waals surface area (Å²) in [6.07, 6.45) is 1.72. The van der Waals surface area contributed by atoms with E-state index in [1.807, 2.05) is 0 Å². The number of nitrogens with one attached hydrogen (secondary N) is 1. The summed E-state index contributed by atoms with van der Waals surface area (Å²) in [5.74, 6) is -1.80. The molecule has 3 heterocycles. The van der Waals surface area contributed by atoms with Crippen LogP contribution in [0.1, 0.15) is 72.7 Å². The van der Waals surface area contributed by atoms with Gasteiger partial charge in [0, 0.05) is 30.6 Å². The topological polar surface area (TPSA) is 113 Å². The highest BCUT2D eigenvalue weighted by atomic mass is 16.6. The van der Waals surface area contributed by atoms with Gasteiger partial charge in [-0.25, -0.2) is 4.79 Å². The maximum absolute atomic E-state index is 13.2. The van der Waals surface area contributed by atoms with Crippen LogP contribution in [0.5, 0.6) is 0 Å². The lowest BCUT2D eigenvalue weighted by Gasteiger charge is -2.29. The molecule has 3 aliphatic rings. The highest BCUT2D eigenvalue weighted by Crippen LogP contribution is 2.30. The van der Waals surface area contributed by atoms with E-state index in [1.54, 1.807) is 39.0 Å². The van der Waals surface area contributed by atoms with Crippen LogP contribution < -0.4 is 5.32 Å². The summed E-state index contributed by atoms with van der Waals surface area (Å²) in [4.78, 5) is 65.2. The summed E-state index contributed by atoms with van der Waals surface area (Å²) in [5, 5.41) is 2.28. The molecule has 1 N–H and O–H groups in total. The Hall–Kier alpha value is -3.23. The van der Waals surface area contributed by atoms with Gasteiger partial charge in [-0.05, 0) is 63.8 Å². The number of carbonyl (C=O) groups is 5. The number of nitrogens with zero attached hydrogens (tertiary/aromatic N) is 2. The predicted molar refractivity (Wildman–Crippen MR) is 112 cm³/mol. The number of esters is 1. The smallest absolute Gasteiger partial charge is 0.329 e. The fraction of sp³-hybridized carbons (Fsp3) is 0.522. The van der Waals surface area contributed by atoms with Crippen molar-refractivity contribution in [3.05, 3.63) is 34.9 Å². The molecular weight excluding hydrogens is 414 g/mol. The molecule has 2 saturated heterocycles. The molecule has 2 atom stereocenters. The maximum Gasteiger partial charge on any atom is 0.329 e. The van der Waals surface area contributed by atoms with Gasteiger partial charge in [0.05, 0.1) is 0 Å². The number of fused-ring (bicyclic) bond motifs is 1. The molecule has 2 fully saturated rings. The van der Waals surface area contributed by atoms with Crippen LogP contribution in [0.25, 0.3) is 0 Å². The third kappa shape index (κ3) is 4.11. The lowest BCUT2D eigenvalue weighted by molar-refractivity contribution is -0.159. The number of imide groups is 1. The predicted octanol–water partition coefficient (Wildman–Crippen LogP) is 1.39. The molecular formula is C23H27N3O6. The van der Waals surface area contributed by atoms with Crippen molar-refractivity contribution in [1.29, 1.82) is 0 Å². The molecule has 170 valence electrons. The fourth-order valence-electron chi connectivity index (χ4n) is 4.50. The van der Waals surface area contributed by atoms with Crippen molar-refractivity contribution in [3.63, 3.8) is 0 Å². The molecule has 0 saturated carbocycles. The first-order valence-electron chi connectivity index (χ1n) is 10.9. The zero-order valence-corrected chi connectivity index (χ0v) is 18.5. The number of carbonyl (C=O) groups excluding carboxylic acids is 5. The van der Waals surface area contributed by atoms with Gasteiger partial charge in [-0.3, -0.25) is 24.5 Å². The zero-order valence-electron chi connectivity index (χ0n) is 18.5. The molecule has 9 nitrogen and oxygen atoms in total. The molecule has 32 heavy (non-hydrogen) atoms. The fourth-order valence-corrected chi connectivity index (χ4v) is 4.50. The average molecular weight is 441 g/mol. The Labute approximate surface area is 186 Å². The monoisotopic (exact) mass is 441 g/mol. The number of rotatable bonds is 3. The quantitative estimate of drug-likeness (QED) is 0.560. The Morgan fingerprint density at radius 2 is 1.88 bits per heavy atom. The molecule has 4 amide bonds. The molecule has 4 rings (SSSR count). The van der Waals surface area contributed by atoms with E-state index in [4.69, 9.17) is 4.74 Å². The van der Waals surface area contributed by atoms with Crippen molar-refractivity contribution in [2.24, 2.45) is 0 Å². The summed E-state index contributed by atoms with van der Waals surface area (Å²) in [6.45, 7) is 6.02. The van der Waals surface area contributed by atoms with E-state index in [2.05, 4.69) is 5.32 Å². The van der Waals surface area contributed by atoms with Gasteiger partial charge in [0.2, 0.25) is 11.8 Å². The number of hydrogen-bond acceptors (Lipinski definition) is 6. The molecule has 1 unspecified atom stereocenters. The van der Waals surface area contributed by atoms with Crippen LogP contribution in [-0.4, -0.2) is 63.6 Å². The van der Waals surface area contributed by atoms with Crippen molar-refractivity contribution in [1.82, 2.24) is 15.1 Å². The van der Waals surface area contributed by atoms with E-state index < -0.39 is 29.6 Å². The second-order valence-electron chi connectivity index (χ2n) is 9.46. The van der Waals surface area contributed by atoms with Gasteiger partial charge in [-0.2, -0.15) is 0 Å². The van der Waals surface area contributed by atoms with Gasteiger partial charge in [-0.15, -0.1) is 0 Å².